The highest BCUT2D eigenvalue weighted by Crippen LogP contribution is 2.44. The summed E-state index contributed by atoms with van der Waals surface area (Å²) in [6.07, 6.45) is 3.62. The van der Waals surface area contributed by atoms with Gasteiger partial charge in [0.1, 0.15) is 5.58 Å². The summed E-state index contributed by atoms with van der Waals surface area (Å²) in [5, 5.41) is 23.5. The Kier molecular flexibility index (Phi) is 5.77. The number of para-hydroxylation sites is 1. The predicted molar refractivity (Wildman–Crippen MR) is 119 cm³/mol. The summed E-state index contributed by atoms with van der Waals surface area (Å²) in [6, 6.07) is 13.5. The number of carbonyl (C=O) groups excluding carboxylic acids is 1. The van der Waals surface area contributed by atoms with E-state index in [0.717, 1.165) is 46.1 Å². The van der Waals surface area contributed by atoms with Crippen LogP contribution in [-0.4, -0.2) is 42.2 Å². The van der Waals surface area contributed by atoms with E-state index in [1.165, 1.54) is 0 Å². The second-order valence-electron chi connectivity index (χ2n) is 8.56. The molecule has 0 saturated carbocycles. The van der Waals surface area contributed by atoms with Crippen molar-refractivity contribution >= 4 is 24.0 Å². The van der Waals surface area contributed by atoms with Crippen molar-refractivity contribution in [3.8, 4) is 0 Å². The van der Waals surface area contributed by atoms with E-state index in [4.69, 9.17) is 13.9 Å². The Labute approximate surface area is 186 Å². The normalized spacial score (nSPS) is 17.9. The van der Waals surface area contributed by atoms with Gasteiger partial charge in [-0.25, -0.2) is 0 Å². The number of carbonyl (C=O) groups is 1. The predicted octanol–water partition coefficient (Wildman–Crippen LogP) is 2.25. The smallest absolute Gasteiger partial charge is 0.464 e. The van der Waals surface area contributed by atoms with Crippen LogP contribution in [0.1, 0.15) is 35.1 Å². The molecule has 3 heterocycles. The maximum Gasteiger partial charge on any atom is 0.475 e. The quantitative estimate of drug-likeness (QED) is 0.514. The monoisotopic (exact) mass is 435 g/mol. The van der Waals surface area contributed by atoms with E-state index >= 15 is 0 Å². The van der Waals surface area contributed by atoms with Gasteiger partial charge in [-0.05, 0) is 34.7 Å². The van der Waals surface area contributed by atoms with Gasteiger partial charge in [0.15, 0.2) is 0 Å². The van der Waals surface area contributed by atoms with Gasteiger partial charge in [-0.2, -0.15) is 0 Å². The summed E-state index contributed by atoms with van der Waals surface area (Å²) in [6.45, 7) is 1.82. The van der Waals surface area contributed by atoms with Crippen molar-refractivity contribution in [2.24, 2.45) is 0 Å². The highest BCUT2D eigenvalue weighted by molar-refractivity contribution is 6.43. The third kappa shape index (κ3) is 3.95. The molecular weight excluding hydrogens is 409 g/mol. The van der Waals surface area contributed by atoms with Gasteiger partial charge in [-0.1, -0.05) is 36.4 Å². The lowest BCUT2D eigenvalue weighted by atomic mass is 9.75. The molecule has 3 aromatic rings. The molecule has 3 N–H and O–H groups in total. The Morgan fingerprint density at radius 2 is 1.91 bits per heavy atom. The number of ether oxygens (including phenoxy) is 2. The molecule has 8 heteroatoms. The Morgan fingerprint density at radius 1 is 1.09 bits per heavy atom. The number of fused-ring (bicyclic) bond motifs is 3. The summed E-state index contributed by atoms with van der Waals surface area (Å²) < 4.78 is 17.2. The molecule has 1 atom stereocenters. The zero-order valence-electron chi connectivity index (χ0n) is 17.8. The molecule has 2 aliphatic rings. The molecule has 1 spiro atoms. The van der Waals surface area contributed by atoms with Crippen LogP contribution >= 0.6 is 0 Å². The van der Waals surface area contributed by atoms with E-state index in [1.54, 1.807) is 6.26 Å². The molecule has 1 saturated heterocycles. The second-order valence-corrected chi connectivity index (χ2v) is 8.56. The van der Waals surface area contributed by atoms with Crippen LogP contribution in [0.3, 0.4) is 0 Å². The van der Waals surface area contributed by atoms with E-state index in [1.807, 2.05) is 36.4 Å². The third-order valence-electron chi connectivity index (χ3n) is 6.62. The summed E-state index contributed by atoms with van der Waals surface area (Å²) >= 11 is 0. The standard InChI is InChI=1S/C24H26BNO6/c27-23(26-22(25(28)29)12-17-14-31-21-7-2-1-5-18(17)21)13-16-4-3-6-20-19(16)15-32-24(20)8-10-30-11-9-24/h1-7,14,22,28-29H,8-13,15H2,(H,26,27). The Bertz CT molecular complexity index is 1120. The first-order valence-corrected chi connectivity index (χ1v) is 11.0. The molecular formula is C24H26BNO6. The number of nitrogens with one attached hydrogen (secondary N) is 1. The van der Waals surface area contributed by atoms with Gasteiger partial charge in [-0.15, -0.1) is 0 Å². The highest BCUT2D eigenvalue weighted by atomic mass is 16.5. The fourth-order valence-corrected chi connectivity index (χ4v) is 4.89. The zero-order valence-corrected chi connectivity index (χ0v) is 17.8. The minimum Gasteiger partial charge on any atom is -0.464 e. The maximum atomic E-state index is 12.9. The van der Waals surface area contributed by atoms with Crippen LogP contribution in [0.4, 0.5) is 0 Å². The van der Waals surface area contributed by atoms with E-state index in [-0.39, 0.29) is 24.3 Å². The van der Waals surface area contributed by atoms with Gasteiger partial charge in [0.2, 0.25) is 5.91 Å². The van der Waals surface area contributed by atoms with E-state index in [9.17, 15) is 14.8 Å². The number of hydrogen-bond acceptors (Lipinski definition) is 6. The number of furan rings is 1. The summed E-state index contributed by atoms with van der Waals surface area (Å²) in [5.74, 6) is -1.12. The third-order valence-corrected chi connectivity index (χ3v) is 6.62. The van der Waals surface area contributed by atoms with Crippen LogP contribution in [0.5, 0.6) is 0 Å². The molecule has 166 valence electrons. The summed E-state index contributed by atoms with van der Waals surface area (Å²) in [7, 11) is -1.69. The molecule has 2 aromatic carbocycles. The summed E-state index contributed by atoms with van der Waals surface area (Å²) in [4.78, 5) is 12.9. The molecule has 2 aliphatic heterocycles. The average molecular weight is 435 g/mol. The Balaban J connectivity index is 1.31. The minimum atomic E-state index is -1.69. The van der Waals surface area contributed by atoms with Crippen molar-refractivity contribution in [1.82, 2.24) is 5.32 Å². The lowest BCUT2D eigenvalue weighted by Gasteiger charge is -2.33. The number of benzene rings is 2. The summed E-state index contributed by atoms with van der Waals surface area (Å²) in [5.41, 5.74) is 4.34. The molecule has 0 radical (unpaired) electrons. The Hall–Kier alpha value is -2.65. The van der Waals surface area contributed by atoms with Crippen molar-refractivity contribution in [3.05, 3.63) is 71.0 Å². The highest BCUT2D eigenvalue weighted by Gasteiger charge is 2.42. The molecule has 1 unspecified atom stereocenters. The minimum absolute atomic E-state index is 0.147. The first-order chi connectivity index (χ1) is 15.6. The van der Waals surface area contributed by atoms with Crippen LogP contribution in [-0.2, 0) is 39.3 Å². The van der Waals surface area contributed by atoms with Crippen molar-refractivity contribution in [1.29, 1.82) is 0 Å². The molecule has 0 bridgehead atoms. The van der Waals surface area contributed by atoms with Crippen LogP contribution < -0.4 is 5.32 Å². The van der Waals surface area contributed by atoms with Crippen molar-refractivity contribution in [3.63, 3.8) is 0 Å². The van der Waals surface area contributed by atoms with E-state index in [2.05, 4.69) is 11.4 Å². The first kappa shape index (κ1) is 21.2. The van der Waals surface area contributed by atoms with Crippen LogP contribution in [0.15, 0.2) is 53.1 Å². The molecule has 1 amide bonds. The lowest BCUT2D eigenvalue weighted by molar-refractivity contribution is -0.120. The second kappa shape index (κ2) is 8.71. The molecule has 1 fully saturated rings. The van der Waals surface area contributed by atoms with Crippen molar-refractivity contribution in [2.45, 2.75) is 43.8 Å². The van der Waals surface area contributed by atoms with Gasteiger partial charge < -0.3 is 29.3 Å². The van der Waals surface area contributed by atoms with Crippen molar-refractivity contribution in [2.75, 3.05) is 13.2 Å². The largest absolute Gasteiger partial charge is 0.475 e. The maximum absolute atomic E-state index is 12.9. The average Bonchev–Trinajstić information content (AvgIpc) is 3.36. The fourth-order valence-electron chi connectivity index (χ4n) is 4.89. The van der Waals surface area contributed by atoms with E-state index < -0.39 is 13.1 Å². The van der Waals surface area contributed by atoms with E-state index in [0.29, 0.717) is 19.8 Å². The zero-order chi connectivity index (χ0) is 22.1. The number of amides is 1. The molecule has 5 rings (SSSR count). The fraction of sp³-hybridized carbons (Fsp3) is 0.375. The molecule has 1 aromatic heterocycles. The van der Waals surface area contributed by atoms with Crippen LogP contribution in [0.25, 0.3) is 11.0 Å². The van der Waals surface area contributed by atoms with Gasteiger partial charge in [0.25, 0.3) is 0 Å². The Morgan fingerprint density at radius 3 is 2.72 bits per heavy atom. The SMILES string of the molecule is O=C(Cc1cccc2c1COC21CCOCC1)NC(Cc1coc2ccccc12)B(O)O. The molecule has 7 nitrogen and oxygen atoms in total. The molecule has 0 aliphatic carbocycles. The number of rotatable bonds is 6. The van der Waals surface area contributed by atoms with Crippen LogP contribution in [0.2, 0.25) is 0 Å². The first-order valence-electron chi connectivity index (χ1n) is 11.0. The van der Waals surface area contributed by atoms with Gasteiger partial charge >= 0.3 is 7.12 Å². The van der Waals surface area contributed by atoms with Gasteiger partial charge in [0.05, 0.1) is 30.8 Å². The lowest BCUT2D eigenvalue weighted by Crippen LogP contribution is -2.48. The van der Waals surface area contributed by atoms with Gasteiger partial charge in [-0.3, -0.25) is 4.79 Å². The number of hydrogen-bond donors (Lipinski definition) is 3. The van der Waals surface area contributed by atoms with Gasteiger partial charge in [0, 0.05) is 31.4 Å². The van der Waals surface area contributed by atoms with Crippen LogP contribution in [0, 0.1) is 0 Å². The van der Waals surface area contributed by atoms with Crippen molar-refractivity contribution < 1.29 is 28.7 Å². The topological polar surface area (TPSA) is 101 Å². The molecule has 32 heavy (non-hydrogen) atoms.